The molecule has 0 N–H and O–H groups in total. The van der Waals surface area contributed by atoms with E-state index in [1.807, 2.05) is 0 Å². The van der Waals surface area contributed by atoms with E-state index in [9.17, 15) is 25.9 Å². The van der Waals surface area contributed by atoms with Gasteiger partial charge in [0.05, 0.1) is 33.1 Å². The molecule has 0 amide bonds. The summed E-state index contributed by atoms with van der Waals surface area (Å²) in [5, 5.41) is 2.39. The molecule has 243 valence electrons. The van der Waals surface area contributed by atoms with Gasteiger partial charge in [-0.15, -0.1) is 0 Å². The van der Waals surface area contributed by atoms with Crippen molar-refractivity contribution >= 4 is 64.4 Å². The molecule has 0 saturated carbocycles. The molecule has 3 aromatic heterocycles. The van der Waals surface area contributed by atoms with Gasteiger partial charge in [-0.3, -0.25) is 0 Å². The first-order chi connectivity index (χ1) is 23.0. The third kappa shape index (κ3) is 6.37. The van der Waals surface area contributed by atoms with Gasteiger partial charge >= 0.3 is 76.2 Å². The van der Waals surface area contributed by atoms with Crippen LogP contribution in [0.15, 0.2) is 94.7 Å². The molecule has 14 nitrogen and oxygen atoms in total. The molecule has 8 bridgehead atoms. The van der Waals surface area contributed by atoms with Crippen molar-refractivity contribution in [2.75, 3.05) is 0 Å². The minimum absolute atomic E-state index is 0. The third-order valence-electron chi connectivity index (χ3n) is 8.04. The fourth-order valence-corrected chi connectivity index (χ4v) is 6.82. The Labute approximate surface area is 343 Å². The van der Waals surface area contributed by atoms with Gasteiger partial charge in [0.15, 0.2) is 0 Å². The number of fused-ring (bicyclic) bond motifs is 20. The van der Waals surface area contributed by atoms with E-state index in [4.69, 9.17) is 19.9 Å². The van der Waals surface area contributed by atoms with Gasteiger partial charge in [0.1, 0.15) is 20.2 Å². The van der Waals surface area contributed by atoms with Crippen molar-refractivity contribution in [2.24, 2.45) is 0 Å². The van der Waals surface area contributed by atoms with Crippen molar-refractivity contribution < 1.29 is 102 Å². The fourth-order valence-electron chi connectivity index (χ4n) is 5.83. The van der Waals surface area contributed by atoms with E-state index in [0.717, 1.165) is 0 Å². The Balaban J connectivity index is 0.00000149. The van der Waals surface area contributed by atoms with E-state index < -0.39 is 30.0 Å². The summed E-state index contributed by atoms with van der Waals surface area (Å²) in [5.41, 5.74) is 2.22. The van der Waals surface area contributed by atoms with Crippen LogP contribution in [0.2, 0.25) is 0 Å². The van der Waals surface area contributed by atoms with Crippen molar-refractivity contribution in [3.63, 3.8) is 0 Å². The second kappa shape index (κ2) is 13.5. The van der Waals surface area contributed by atoms with Gasteiger partial charge in [-0.2, -0.15) is 0 Å². The smallest absolute Gasteiger partial charge is 0.744 e. The van der Waals surface area contributed by atoms with E-state index in [0.29, 0.717) is 32.7 Å². The van der Waals surface area contributed by atoms with Crippen molar-refractivity contribution in [1.82, 2.24) is 39.9 Å². The molecular weight excluding hydrogens is 766 g/mol. The Bertz CT molecular complexity index is 2790. The van der Waals surface area contributed by atoms with Crippen LogP contribution in [0.3, 0.4) is 0 Å². The average molecular weight is 780 g/mol. The van der Waals surface area contributed by atoms with Gasteiger partial charge in [-0.05, 0) is 45.8 Å². The molecule has 19 heteroatoms. The predicted octanol–water partition coefficient (Wildman–Crippen LogP) is -2.06. The molecule has 0 spiro atoms. The van der Waals surface area contributed by atoms with Crippen LogP contribution in [0.1, 0.15) is 0 Å². The second-order valence-corrected chi connectivity index (χ2v) is 13.7. The Hall–Kier alpha value is -3.42. The van der Waals surface area contributed by atoms with Gasteiger partial charge in [0.2, 0.25) is 0 Å². The minimum Gasteiger partial charge on any atom is -0.744 e. The number of nitrogens with zero attached hydrogens (tertiary/aromatic N) is 8. The predicted molar refractivity (Wildman–Crippen MR) is 170 cm³/mol. The fraction of sp³-hybridized carbons (Fsp3) is 0. The summed E-state index contributed by atoms with van der Waals surface area (Å²) in [4.78, 5) is 36.6. The summed E-state index contributed by atoms with van der Waals surface area (Å²) < 4.78 is 71.8. The van der Waals surface area contributed by atoms with Gasteiger partial charge in [-0.25, -0.2) is 26.8 Å². The van der Waals surface area contributed by atoms with E-state index >= 15 is 0 Å². The topological polar surface area (TPSA) is 220 Å². The van der Waals surface area contributed by atoms with Crippen molar-refractivity contribution in [2.45, 2.75) is 9.79 Å². The maximum atomic E-state index is 12.0. The van der Waals surface area contributed by atoms with Gasteiger partial charge in [0, 0.05) is 44.8 Å². The molecule has 4 aromatic carbocycles. The maximum Gasteiger partial charge on any atom is 2.00 e. The SMILES string of the molecule is O=S(=O)([O-])c1ccc2c(c1)-c1nc-2nc2[n-]c(nc3nc(nc4[n-]c(n1)c1ccccc41)-c1ccc(S(=O)(=O)[O-])cc1-3)c1ccccc21.[Cu+2].[Na+].[Na+]. The second-order valence-electron chi connectivity index (χ2n) is 10.9. The Morgan fingerprint density at radius 3 is 1.02 bits per heavy atom. The number of hydrogen-bond donors (Lipinski definition) is 0. The van der Waals surface area contributed by atoms with E-state index in [1.165, 1.54) is 36.4 Å². The third-order valence-corrected chi connectivity index (χ3v) is 9.70. The first-order valence-electron chi connectivity index (χ1n) is 14.1. The zero-order valence-corrected chi connectivity index (χ0v) is 32.8. The van der Waals surface area contributed by atoms with E-state index in [2.05, 4.69) is 19.9 Å². The average Bonchev–Trinajstić information content (AvgIpc) is 3.79. The molecule has 9 rings (SSSR count). The molecule has 0 fully saturated rings. The number of aromatic nitrogens is 8. The first kappa shape index (κ1) is 37.3. The van der Waals surface area contributed by atoms with Gasteiger partial charge < -0.3 is 39.0 Å². The van der Waals surface area contributed by atoms with Crippen molar-refractivity contribution in [1.29, 1.82) is 0 Å². The zero-order chi connectivity index (χ0) is 32.9. The molecule has 0 saturated heterocycles. The molecular formula is C32H14CuN8Na2O6S2. The van der Waals surface area contributed by atoms with Crippen LogP contribution in [0.4, 0.5) is 0 Å². The quantitative estimate of drug-likeness (QED) is 0.136. The van der Waals surface area contributed by atoms with Crippen LogP contribution in [0.25, 0.3) is 89.7 Å². The monoisotopic (exact) mass is 779 g/mol. The molecule has 2 aliphatic rings. The van der Waals surface area contributed by atoms with Gasteiger partial charge in [0.25, 0.3) is 0 Å². The first-order valence-corrected chi connectivity index (χ1v) is 16.9. The van der Waals surface area contributed by atoms with E-state index in [1.54, 1.807) is 48.5 Å². The Morgan fingerprint density at radius 2 is 0.725 bits per heavy atom. The molecule has 5 heterocycles. The molecule has 7 aromatic rings. The molecule has 2 aliphatic heterocycles. The normalized spacial score (nSPS) is 12.0. The zero-order valence-electron chi connectivity index (χ0n) is 26.2. The summed E-state index contributed by atoms with van der Waals surface area (Å²) >= 11 is 0. The van der Waals surface area contributed by atoms with Crippen LogP contribution in [-0.4, -0.2) is 55.8 Å². The van der Waals surface area contributed by atoms with Crippen molar-refractivity contribution in [3.8, 4) is 45.6 Å². The summed E-state index contributed by atoms with van der Waals surface area (Å²) in [6.07, 6.45) is 0. The molecule has 0 aliphatic carbocycles. The van der Waals surface area contributed by atoms with Crippen LogP contribution >= 0.6 is 0 Å². The number of hydrogen-bond acceptors (Lipinski definition) is 12. The summed E-state index contributed by atoms with van der Waals surface area (Å²) in [5.74, 6) is 0.460. The minimum atomic E-state index is -4.81. The molecule has 1 radical (unpaired) electrons. The van der Waals surface area contributed by atoms with E-state index in [-0.39, 0.29) is 133 Å². The van der Waals surface area contributed by atoms with Gasteiger partial charge in [-0.1, -0.05) is 60.7 Å². The maximum absolute atomic E-state index is 12.0. The summed E-state index contributed by atoms with van der Waals surface area (Å²) in [6, 6.07) is 22.0. The van der Waals surface area contributed by atoms with Crippen LogP contribution in [-0.2, 0) is 37.3 Å². The number of benzene rings is 4. The Morgan fingerprint density at radius 1 is 0.431 bits per heavy atom. The summed E-state index contributed by atoms with van der Waals surface area (Å²) in [7, 11) is -9.61. The number of rotatable bonds is 2. The van der Waals surface area contributed by atoms with Crippen LogP contribution < -0.4 is 69.1 Å². The molecule has 0 atom stereocenters. The summed E-state index contributed by atoms with van der Waals surface area (Å²) in [6.45, 7) is 0. The van der Waals surface area contributed by atoms with Crippen LogP contribution in [0.5, 0.6) is 0 Å². The van der Waals surface area contributed by atoms with Crippen LogP contribution in [0, 0.1) is 0 Å². The molecule has 0 unspecified atom stereocenters. The molecule has 51 heavy (non-hydrogen) atoms. The largest absolute Gasteiger partial charge is 2.00 e. The van der Waals surface area contributed by atoms with Crippen molar-refractivity contribution in [3.05, 3.63) is 84.9 Å². The standard InChI is InChI=1S/C32H16N8O6S2.Cu.2Na/c41-47(42,43)15-9-11-21-23(13-15)32-38-28-20-8-4-2-6-18(20)26(34-28)36-30-22-12-10-16(48(44,45)46)14-24(22)31(40-30)37-27-19-7-3-1-5-17(19)25(33-27)35-29(21)39-32;;;/h1-14H,(H2-2,33,34,35,36,37,38,39,40,41,42,43,44,45,46);;;/q-2;+2;2*+1/p-2. The Kier molecular flexibility index (Phi) is 9.90.